The predicted molar refractivity (Wildman–Crippen MR) is 80.6 cm³/mol. The number of ether oxygens (including phenoxy) is 1. The second kappa shape index (κ2) is 7.61. The third kappa shape index (κ3) is 4.82. The van der Waals surface area contributed by atoms with Gasteiger partial charge in [0.25, 0.3) is 0 Å². The second-order valence-electron chi connectivity index (χ2n) is 4.72. The highest BCUT2D eigenvalue weighted by atomic mass is 19.4. The maximum Gasteiger partial charge on any atom is 0.433 e. The molecule has 3 N–H and O–H groups in total. The van der Waals surface area contributed by atoms with Crippen molar-refractivity contribution >= 4 is 11.6 Å². The lowest BCUT2D eigenvalue weighted by molar-refractivity contribution is -0.141. The number of alkyl halides is 3. The molecule has 126 valence electrons. The van der Waals surface area contributed by atoms with Gasteiger partial charge in [0.15, 0.2) is 5.69 Å². The van der Waals surface area contributed by atoms with Crippen LogP contribution in [-0.2, 0) is 6.18 Å². The van der Waals surface area contributed by atoms with Crippen LogP contribution in [0.15, 0.2) is 30.3 Å². The molecule has 0 atom stereocenters. The Morgan fingerprint density at radius 3 is 2.50 bits per heavy atom. The number of aromatic nitrogens is 2. The monoisotopic (exact) mass is 337 g/mol. The van der Waals surface area contributed by atoms with Crippen molar-refractivity contribution in [2.24, 2.45) is 5.73 Å². The molecule has 0 aliphatic rings. The zero-order valence-corrected chi connectivity index (χ0v) is 12.5. The summed E-state index contributed by atoms with van der Waals surface area (Å²) in [4.78, 5) is 7.36. The van der Waals surface area contributed by atoms with Crippen LogP contribution in [0.3, 0.4) is 0 Å². The van der Waals surface area contributed by atoms with Crippen molar-refractivity contribution in [3.05, 3.63) is 41.6 Å². The Balaban J connectivity index is 2.26. The number of hydrogen-bond donors (Lipinski definition) is 2. The van der Waals surface area contributed by atoms with Crippen molar-refractivity contribution in [2.45, 2.75) is 12.6 Å². The minimum absolute atomic E-state index is 0.154. The van der Waals surface area contributed by atoms with Gasteiger partial charge in [0.05, 0.1) is 18.2 Å². The normalized spacial score (nSPS) is 11.0. The number of nitrogens with two attached hydrogens (primary N) is 1. The molecule has 1 aromatic heterocycles. The number of anilines is 2. The predicted octanol–water partition coefficient (Wildman–Crippen LogP) is 2.84. The number of rotatable bonds is 6. The summed E-state index contributed by atoms with van der Waals surface area (Å²) in [6.07, 6.45) is -4.14. The first-order valence-corrected chi connectivity index (χ1v) is 6.98. The number of hydrogen-bond acceptors (Lipinski definition) is 6. The molecular weight excluding hydrogens is 323 g/mol. The fourth-order valence-electron chi connectivity index (χ4n) is 1.72. The lowest BCUT2D eigenvalue weighted by Gasteiger charge is -2.12. The van der Waals surface area contributed by atoms with E-state index in [0.29, 0.717) is 24.2 Å². The fourth-order valence-corrected chi connectivity index (χ4v) is 1.72. The van der Waals surface area contributed by atoms with E-state index in [9.17, 15) is 13.2 Å². The molecule has 0 saturated carbocycles. The van der Waals surface area contributed by atoms with Gasteiger partial charge in [0.1, 0.15) is 0 Å². The van der Waals surface area contributed by atoms with Crippen molar-refractivity contribution in [3.63, 3.8) is 0 Å². The van der Waals surface area contributed by atoms with Gasteiger partial charge in [-0.25, -0.2) is 4.98 Å². The molecule has 9 heteroatoms. The van der Waals surface area contributed by atoms with Crippen LogP contribution >= 0.6 is 0 Å². The molecule has 6 nitrogen and oxygen atoms in total. The lowest BCUT2D eigenvalue weighted by Crippen LogP contribution is -2.13. The Morgan fingerprint density at radius 1 is 1.21 bits per heavy atom. The molecule has 0 saturated heterocycles. The molecule has 2 aromatic rings. The van der Waals surface area contributed by atoms with Crippen molar-refractivity contribution < 1.29 is 17.9 Å². The molecular formula is C15H14F3N5O. The molecule has 24 heavy (non-hydrogen) atoms. The Hall–Kier alpha value is -2.86. The first-order valence-electron chi connectivity index (χ1n) is 6.98. The van der Waals surface area contributed by atoms with Gasteiger partial charge in [0.2, 0.25) is 11.8 Å². The summed E-state index contributed by atoms with van der Waals surface area (Å²) in [6, 6.07) is 8.81. The summed E-state index contributed by atoms with van der Waals surface area (Å²) in [7, 11) is 0. The molecule has 0 unspecified atom stereocenters. The van der Waals surface area contributed by atoms with Crippen LogP contribution in [0.4, 0.5) is 24.8 Å². The molecule has 0 aliphatic carbocycles. The van der Waals surface area contributed by atoms with Crippen LogP contribution < -0.4 is 15.8 Å². The average Bonchev–Trinajstić information content (AvgIpc) is 2.55. The van der Waals surface area contributed by atoms with Crippen LogP contribution in [0.1, 0.15) is 17.7 Å². The molecule has 1 aromatic carbocycles. The Labute approximate surface area is 136 Å². The highest BCUT2D eigenvalue weighted by Gasteiger charge is 2.34. The summed E-state index contributed by atoms with van der Waals surface area (Å²) < 4.78 is 44.0. The van der Waals surface area contributed by atoms with E-state index in [1.807, 2.05) is 6.07 Å². The van der Waals surface area contributed by atoms with E-state index in [4.69, 9.17) is 15.7 Å². The zero-order valence-electron chi connectivity index (χ0n) is 12.5. The van der Waals surface area contributed by atoms with Crippen LogP contribution in [0.5, 0.6) is 5.88 Å². The van der Waals surface area contributed by atoms with Gasteiger partial charge in [-0.3, -0.25) is 0 Å². The van der Waals surface area contributed by atoms with Gasteiger partial charge in [-0.05, 0) is 37.2 Å². The van der Waals surface area contributed by atoms with E-state index in [0.717, 1.165) is 6.07 Å². The fraction of sp³-hybridized carbons (Fsp3) is 0.267. The van der Waals surface area contributed by atoms with Gasteiger partial charge in [-0.15, -0.1) is 0 Å². The van der Waals surface area contributed by atoms with E-state index in [1.54, 1.807) is 0 Å². The highest BCUT2D eigenvalue weighted by molar-refractivity contribution is 5.55. The number of nitrogens with zero attached hydrogens (tertiary/aromatic N) is 3. The molecule has 0 aliphatic heterocycles. The Morgan fingerprint density at radius 2 is 1.92 bits per heavy atom. The van der Waals surface area contributed by atoms with Crippen molar-refractivity contribution in [2.75, 3.05) is 18.5 Å². The quantitative estimate of drug-likeness (QED) is 0.787. The molecule has 0 fully saturated rings. The highest BCUT2D eigenvalue weighted by Crippen LogP contribution is 2.30. The van der Waals surface area contributed by atoms with Gasteiger partial charge in [-0.1, -0.05) is 0 Å². The first-order chi connectivity index (χ1) is 11.4. The van der Waals surface area contributed by atoms with E-state index in [2.05, 4.69) is 15.3 Å². The lowest BCUT2D eigenvalue weighted by atomic mass is 10.2. The van der Waals surface area contributed by atoms with Crippen molar-refractivity contribution in [1.29, 1.82) is 5.26 Å². The first kappa shape index (κ1) is 17.5. The van der Waals surface area contributed by atoms with Crippen LogP contribution in [0.25, 0.3) is 0 Å². The molecule has 0 spiro atoms. The summed E-state index contributed by atoms with van der Waals surface area (Å²) in [5.74, 6) is -0.445. The van der Waals surface area contributed by atoms with E-state index in [1.165, 1.54) is 24.3 Å². The molecule has 0 amide bonds. The summed E-state index contributed by atoms with van der Waals surface area (Å²) in [5, 5.41) is 11.4. The van der Waals surface area contributed by atoms with E-state index in [-0.39, 0.29) is 18.4 Å². The maximum absolute atomic E-state index is 12.9. The topological polar surface area (TPSA) is 96.8 Å². The molecule has 0 bridgehead atoms. The molecule has 0 radical (unpaired) electrons. The van der Waals surface area contributed by atoms with Crippen LogP contribution in [-0.4, -0.2) is 23.1 Å². The number of nitrogens with one attached hydrogen (secondary N) is 1. The van der Waals surface area contributed by atoms with Gasteiger partial charge in [-0.2, -0.15) is 23.4 Å². The number of nitriles is 1. The zero-order chi connectivity index (χ0) is 17.6. The smallest absolute Gasteiger partial charge is 0.433 e. The summed E-state index contributed by atoms with van der Waals surface area (Å²) in [5.41, 5.74) is 5.08. The average molecular weight is 337 g/mol. The van der Waals surface area contributed by atoms with Crippen molar-refractivity contribution in [3.8, 4) is 11.9 Å². The van der Waals surface area contributed by atoms with Gasteiger partial charge < -0.3 is 15.8 Å². The summed E-state index contributed by atoms with van der Waals surface area (Å²) >= 11 is 0. The standard InChI is InChI=1S/C15H14F3N5O/c16-15(17,18)12-8-13(24-7-1-6-19)23-14(22-12)21-11-4-2-10(9-20)3-5-11/h2-5,8H,1,6-7,19H2,(H,21,22,23). The van der Waals surface area contributed by atoms with Crippen molar-refractivity contribution in [1.82, 2.24) is 9.97 Å². The number of benzene rings is 1. The van der Waals surface area contributed by atoms with Gasteiger partial charge >= 0.3 is 6.18 Å². The molecule has 2 rings (SSSR count). The minimum atomic E-state index is -4.63. The maximum atomic E-state index is 12.9. The largest absolute Gasteiger partial charge is 0.477 e. The van der Waals surface area contributed by atoms with Crippen LogP contribution in [0, 0.1) is 11.3 Å². The number of halogens is 3. The second-order valence-corrected chi connectivity index (χ2v) is 4.72. The third-order valence-corrected chi connectivity index (χ3v) is 2.86. The van der Waals surface area contributed by atoms with Crippen LogP contribution in [0.2, 0.25) is 0 Å². The SMILES string of the molecule is N#Cc1ccc(Nc2nc(OCCCN)cc(C(F)(F)F)n2)cc1. The van der Waals surface area contributed by atoms with E-state index >= 15 is 0 Å². The molecule has 1 heterocycles. The minimum Gasteiger partial charge on any atom is -0.477 e. The Bertz CT molecular complexity index is 725. The van der Waals surface area contributed by atoms with Gasteiger partial charge in [0, 0.05) is 11.8 Å². The Kier molecular flexibility index (Phi) is 5.55. The van der Waals surface area contributed by atoms with E-state index < -0.39 is 11.9 Å². The summed E-state index contributed by atoms with van der Waals surface area (Å²) in [6.45, 7) is 0.509. The third-order valence-electron chi connectivity index (χ3n) is 2.86.